The third kappa shape index (κ3) is 5.82. The van der Waals surface area contributed by atoms with E-state index in [1.807, 2.05) is 0 Å². The number of quaternary nitrogens is 1. The van der Waals surface area contributed by atoms with Crippen LogP contribution in [0.1, 0.15) is 107 Å². The Hall–Kier alpha value is -0.150. The van der Waals surface area contributed by atoms with E-state index in [9.17, 15) is 0 Å². The van der Waals surface area contributed by atoms with Gasteiger partial charge in [0.1, 0.15) is 5.67 Å². The predicted octanol–water partition coefficient (Wildman–Crippen LogP) is 7.57. The van der Waals surface area contributed by atoms with Crippen molar-refractivity contribution in [1.29, 1.82) is 0 Å². The molecule has 0 aromatic carbocycles. The number of fused-ring (bicyclic) bond motifs is 1. The number of likely N-dealkylation sites (N-methyl/N-ethyl adjacent to an activating group) is 1. The Morgan fingerprint density at radius 1 is 0.848 bits per heavy atom. The third-order valence-corrected chi connectivity index (χ3v) is 10.9. The SMILES string of the molecule is CCC(C)(C)CC(C)(C)C1(F)CC2CC(C(C)(C)CC(C)(C)N3CC[N+](C)(C)CC3)CC2C1. The minimum Gasteiger partial charge on any atom is -0.326 e. The summed E-state index contributed by atoms with van der Waals surface area (Å²) in [6.45, 7) is 26.2. The summed E-state index contributed by atoms with van der Waals surface area (Å²) < 4.78 is 17.6. The standard InChI is InChI=1S/C30H58FN2/c1-12-26(2,3)21-28(6,7)30(31)19-23-17-25(18-24(23)20-30)27(4,5)22-29(8,9)32-13-15-33(10,11)16-14-32/h23-25H,12-22H2,1-11H3/q+1. The minimum atomic E-state index is -0.984. The Morgan fingerprint density at radius 2 is 1.33 bits per heavy atom. The Labute approximate surface area is 206 Å². The van der Waals surface area contributed by atoms with E-state index < -0.39 is 5.67 Å². The van der Waals surface area contributed by atoms with Crippen molar-refractivity contribution in [2.45, 2.75) is 118 Å². The van der Waals surface area contributed by atoms with Gasteiger partial charge in [-0.2, -0.15) is 0 Å². The lowest BCUT2D eigenvalue weighted by Gasteiger charge is -2.49. The van der Waals surface area contributed by atoms with E-state index in [-0.39, 0.29) is 16.4 Å². The van der Waals surface area contributed by atoms with Crippen LogP contribution in [0.15, 0.2) is 0 Å². The summed E-state index contributed by atoms with van der Waals surface area (Å²) in [5.41, 5.74) is -0.446. The third-order valence-electron chi connectivity index (χ3n) is 10.9. The molecule has 1 heterocycles. The van der Waals surface area contributed by atoms with Crippen molar-refractivity contribution in [3.05, 3.63) is 0 Å². The lowest BCUT2D eigenvalue weighted by atomic mass is 9.64. The van der Waals surface area contributed by atoms with Crippen LogP contribution in [0.4, 0.5) is 4.39 Å². The summed E-state index contributed by atoms with van der Waals surface area (Å²) >= 11 is 0. The molecule has 2 aliphatic carbocycles. The lowest BCUT2D eigenvalue weighted by molar-refractivity contribution is -0.895. The fraction of sp³-hybridized carbons (Fsp3) is 1.00. The maximum atomic E-state index is 16.5. The minimum absolute atomic E-state index is 0.221. The van der Waals surface area contributed by atoms with Gasteiger partial charge in [-0.1, -0.05) is 54.9 Å². The van der Waals surface area contributed by atoms with Crippen LogP contribution in [0.2, 0.25) is 0 Å². The summed E-state index contributed by atoms with van der Waals surface area (Å²) in [6.07, 6.45) is 7.46. The second-order valence-corrected chi connectivity index (χ2v) is 16.0. The first-order chi connectivity index (χ1) is 14.8. The number of nitrogens with zero attached hydrogens (tertiary/aromatic N) is 2. The topological polar surface area (TPSA) is 3.24 Å². The van der Waals surface area contributed by atoms with Crippen LogP contribution in [0, 0.1) is 34.0 Å². The Kier molecular flexibility index (Phi) is 7.28. The van der Waals surface area contributed by atoms with Gasteiger partial charge in [-0.3, -0.25) is 4.90 Å². The molecule has 33 heavy (non-hydrogen) atoms. The summed E-state index contributed by atoms with van der Waals surface area (Å²) in [4.78, 5) is 2.75. The van der Waals surface area contributed by atoms with E-state index in [2.05, 4.69) is 81.3 Å². The van der Waals surface area contributed by atoms with Crippen LogP contribution >= 0.6 is 0 Å². The second kappa shape index (κ2) is 8.75. The van der Waals surface area contributed by atoms with Crippen LogP contribution in [-0.4, -0.2) is 60.9 Å². The molecule has 0 bridgehead atoms. The highest BCUT2D eigenvalue weighted by molar-refractivity contribution is 5.08. The average Bonchev–Trinajstić information content (AvgIpc) is 3.16. The Morgan fingerprint density at radius 3 is 1.79 bits per heavy atom. The van der Waals surface area contributed by atoms with Crippen molar-refractivity contribution >= 4 is 0 Å². The number of piperazine rings is 1. The highest BCUT2D eigenvalue weighted by atomic mass is 19.1. The van der Waals surface area contributed by atoms with Crippen molar-refractivity contribution in [3.8, 4) is 0 Å². The van der Waals surface area contributed by atoms with Gasteiger partial charge in [0.2, 0.25) is 0 Å². The van der Waals surface area contributed by atoms with Crippen molar-refractivity contribution in [2.24, 2.45) is 34.0 Å². The van der Waals surface area contributed by atoms with Crippen molar-refractivity contribution in [1.82, 2.24) is 4.90 Å². The molecule has 2 atom stereocenters. The van der Waals surface area contributed by atoms with E-state index in [0.717, 1.165) is 36.1 Å². The van der Waals surface area contributed by atoms with Crippen molar-refractivity contribution < 1.29 is 8.87 Å². The van der Waals surface area contributed by atoms with Gasteiger partial charge in [-0.05, 0) is 86.4 Å². The van der Waals surface area contributed by atoms with E-state index in [1.165, 1.54) is 45.4 Å². The zero-order chi connectivity index (χ0) is 25.1. The number of alkyl halides is 1. The number of hydrogen-bond acceptors (Lipinski definition) is 1. The maximum Gasteiger partial charge on any atom is 0.116 e. The van der Waals surface area contributed by atoms with Crippen molar-refractivity contribution in [2.75, 3.05) is 40.3 Å². The molecule has 3 fully saturated rings. The first-order valence-electron chi connectivity index (χ1n) is 14.1. The molecule has 0 amide bonds. The molecule has 3 rings (SSSR count). The predicted molar refractivity (Wildman–Crippen MR) is 141 cm³/mol. The summed E-state index contributed by atoms with van der Waals surface area (Å²) in [7, 11) is 4.72. The molecule has 0 aromatic rings. The molecule has 2 unspecified atom stereocenters. The molecule has 0 spiro atoms. The van der Waals surface area contributed by atoms with Gasteiger partial charge < -0.3 is 4.48 Å². The summed E-state index contributed by atoms with van der Waals surface area (Å²) in [5.74, 6) is 1.93. The molecule has 1 aliphatic heterocycles. The fourth-order valence-corrected chi connectivity index (χ4v) is 8.28. The van der Waals surface area contributed by atoms with Gasteiger partial charge in [-0.15, -0.1) is 0 Å². The quantitative estimate of drug-likeness (QED) is 0.334. The zero-order valence-electron chi connectivity index (χ0n) is 24.3. The van der Waals surface area contributed by atoms with Gasteiger partial charge in [-0.25, -0.2) is 4.39 Å². The number of rotatable bonds is 8. The van der Waals surface area contributed by atoms with Crippen LogP contribution in [0.25, 0.3) is 0 Å². The van der Waals surface area contributed by atoms with Crippen molar-refractivity contribution in [3.63, 3.8) is 0 Å². The molecule has 0 N–H and O–H groups in total. The molecule has 1 saturated heterocycles. The fourth-order valence-electron chi connectivity index (χ4n) is 8.28. The molecule has 194 valence electrons. The summed E-state index contributed by atoms with van der Waals surface area (Å²) in [5, 5.41) is 0. The monoisotopic (exact) mass is 465 g/mol. The van der Waals surface area contributed by atoms with Crippen LogP contribution < -0.4 is 0 Å². The first-order valence-corrected chi connectivity index (χ1v) is 14.1. The smallest absolute Gasteiger partial charge is 0.116 e. The average molecular weight is 466 g/mol. The van der Waals surface area contributed by atoms with Gasteiger partial charge >= 0.3 is 0 Å². The second-order valence-electron chi connectivity index (χ2n) is 16.0. The zero-order valence-corrected chi connectivity index (χ0v) is 24.3. The molecule has 2 nitrogen and oxygen atoms in total. The first kappa shape index (κ1) is 27.4. The molecule has 0 aromatic heterocycles. The lowest BCUT2D eigenvalue weighted by Crippen LogP contribution is -2.60. The van der Waals surface area contributed by atoms with E-state index >= 15 is 4.39 Å². The molecule has 0 radical (unpaired) electrons. The van der Waals surface area contributed by atoms with Gasteiger partial charge in [0.25, 0.3) is 0 Å². The van der Waals surface area contributed by atoms with Crippen LogP contribution in [-0.2, 0) is 0 Å². The van der Waals surface area contributed by atoms with Gasteiger partial charge in [0.05, 0.1) is 27.2 Å². The largest absolute Gasteiger partial charge is 0.326 e. The molecular weight excluding hydrogens is 407 g/mol. The van der Waals surface area contributed by atoms with Gasteiger partial charge in [0.15, 0.2) is 0 Å². The molecular formula is C30H58FN2+. The van der Waals surface area contributed by atoms with E-state index in [0.29, 0.717) is 17.3 Å². The molecule has 3 aliphatic rings. The Bertz CT molecular complexity index is 665. The number of halogens is 1. The Balaban J connectivity index is 1.61. The van der Waals surface area contributed by atoms with Crippen LogP contribution in [0.3, 0.4) is 0 Å². The number of hydrogen-bond donors (Lipinski definition) is 0. The normalized spacial score (nSPS) is 34.0. The van der Waals surface area contributed by atoms with Crippen LogP contribution in [0.5, 0.6) is 0 Å². The maximum absolute atomic E-state index is 16.5. The van der Waals surface area contributed by atoms with E-state index in [4.69, 9.17) is 0 Å². The van der Waals surface area contributed by atoms with Gasteiger partial charge in [0, 0.05) is 18.6 Å². The highest BCUT2D eigenvalue weighted by Crippen LogP contribution is 2.62. The molecule has 3 heteroatoms. The summed E-state index contributed by atoms with van der Waals surface area (Å²) in [6, 6.07) is 0. The highest BCUT2D eigenvalue weighted by Gasteiger charge is 2.58. The van der Waals surface area contributed by atoms with E-state index in [1.54, 1.807) is 0 Å². The molecule has 2 saturated carbocycles.